The maximum Gasteiger partial charge on any atom is 0.260 e. The van der Waals surface area contributed by atoms with Crippen molar-refractivity contribution in [1.29, 1.82) is 0 Å². The maximum atomic E-state index is 11.7. The number of benzene rings is 1. The van der Waals surface area contributed by atoms with E-state index < -0.39 is 0 Å². The van der Waals surface area contributed by atoms with Gasteiger partial charge in [-0.25, -0.2) is 0 Å². The predicted octanol–water partition coefficient (Wildman–Crippen LogP) is 1.05. The van der Waals surface area contributed by atoms with Crippen LogP contribution in [0.15, 0.2) is 18.2 Å². The molecule has 0 bridgehead atoms. The summed E-state index contributed by atoms with van der Waals surface area (Å²) in [6.07, 6.45) is 0.786. The number of carbonyl (C=O) groups is 1. The Morgan fingerprint density at radius 1 is 1.37 bits per heavy atom. The van der Waals surface area contributed by atoms with Gasteiger partial charge < -0.3 is 20.1 Å². The van der Waals surface area contributed by atoms with Crippen molar-refractivity contribution >= 4 is 5.91 Å². The van der Waals surface area contributed by atoms with Crippen LogP contribution in [0.2, 0.25) is 0 Å². The molecule has 0 unspecified atom stereocenters. The van der Waals surface area contributed by atoms with E-state index in [0.29, 0.717) is 24.6 Å². The number of rotatable bonds is 7. The van der Waals surface area contributed by atoms with Crippen LogP contribution in [0.3, 0.4) is 0 Å². The van der Waals surface area contributed by atoms with Crippen molar-refractivity contribution in [2.24, 2.45) is 5.73 Å². The van der Waals surface area contributed by atoms with Crippen molar-refractivity contribution in [2.75, 3.05) is 33.9 Å². The monoisotopic (exact) mass is 266 g/mol. The Labute approximate surface area is 114 Å². The number of carbonyl (C=O) groups excluding carboxylic acids is 1. The summed E-state index contributed by atoms with van der Waals surface area (Å²) in [4.78, 5) is 13.3. The summed E-state index contributed by atoms with van der Waals surface area (Å²) in [5.41, 5.74) is 6.60. The quantitative estimate of drug-likeness (QED) is 0.801. The fourth-order valence-corrected chi connectivity index (χ4v) is 1.58. The fourth-order valence-electron chi connectivity index (χ4n) is 1.58. The molecule has 106 valence electrons. The highest BCUT2D eigenvalue weighted by atomic mass is 16.5. The summed E-state index contributed by atoms with van der Waals surface area (Å²) in [7, 11) is 3.32. The van der Waals surface area contributed by atoms with Crippen molar-refractivity contribution < 1.29 is 14.3 Å². The van der Waals surface area contributed by atoms with Crippen molar-refractivity contribution in [3.8, 4) is 11.5 Å². The highest BCUT2D eigenvalue weighted by Crippen LogP contribution is 2.28. The predicted molar refractivity (Wildman–Crippen MR) is 74.6 cm³/mol. The molecule has 0 aliphatic rings. The summed E-state index contributed by atoms with van der Waals surface area (Å²) in [6, 6.07) is 5.62. The van der Waals surface area contributed by atoms with Crippen LogP contribution < -0.4 is 15.2 Å². The zero-order chi connectivity index (χ0) is 14.3. The topological polar surface area (TPSA) is 64.8 Å². The van der Waals surface area contributed by atoms with Gasteiger partial charge in [0, 0.05) is 13.6 Å². The van der Waals surface area contributed by atoms with Gasteiger partial charge in [0.1, 0.15) is 0 Å². The Morgan fingerprint density at radius 2 is 2.11 bits per heavy atom. The number of ether oxygens (including phenoxy) is 2. The van der Waals surface area contributed by atoms with E-state index in [0.717, 1.165) is 12.0 Å². The minimum Gasteiger partial charge on any atom is -0.493 e. The van der Waals surface area contributed by atoms with Crippen LogP contribution in [0.5, 0.6) is 11.5 Å². The lowest BCUT2D eigenvalue weighted by molar-refractivity contribution is -0.131. The molecular formula is C14H22N2O3. The number of hydrogen-bond donors (Lipinski definition) is 1. The van der Waals surface area contributed by atoms with Crippen LogP contribution in [0.1, 0.15) is 12.5 Å². The zero-order valence-electron chi connectivity index (χ0n) is 11.8. The number of amides is 1. The smallest absolute Gasteiger partial charge is 0.260 e. The summed E-state index contributed by atoms with van der Waals surface area (Å²) in [5, 5.41) is 0. The van der Waals surface area contributed by atoms with Crippen LogP contribution in [0.25, 0.3) is 0 Å². The Hall–Kier alpha value is -1.75. The molecule has 0 aliphatic heterocycles. The molecule has 0 aromatic heterocycles. The van der Waals surface area contributed by atoms with E-state index in [1.807, 2.05) is 25.1 Å². The van der Waals surface area contributed by atoms with Gasteiger partial charge in [-0.2, -0.15) is 0 Å². The molecule has 0 heterocycles. The minimum atomic E-state index is -0.0596. The van der Waals surface area contributed by atoms with Gasteiger partial charge in [0.15, 0.2) is 18.1 Å². The van der Waals surface area contributed by atoms with Crippen LogP contribution in [0.4, 0.5) is 0 Å². The highest BCUT2D eigenvalue weighted by molar-refractivity contribution is 5.77. The number of hydrogen-bond acceptors (Lipinski definition) is 4. The normalized spacial score (nSPS) is 10.1. The minimum absolute atomic E-state index is 0.0108. The third kappa shape index (κ3) is 4.44. The average Bonchev–Trinajstić information content (AvgIpc) is 2.44. The van der Waals surface area contributed by atoms with Crippen LogP contribution in [-0.4, -0.2) is 44.7 Å². The maximum absolute atomic E-state index is 11.7. The fraction of sp³-hybridized carbons (Fsp3) is 0.500. The van der Waals surface area contributed by atoms with Gasteiger partial charge in [0.25, 0.3) is 5.91 Å². The van der Waals surface area contributed by atoms with Crippen LogP contribution in [-0.2, 0) is 11.2 Å². The molecule has 1 amide bonds. The van der Waals surface area contributed by atoms with E-state index in [2.05, 4.69) is 0 Å². The lowest BCUT2D eigenvalue weighted by atomic mass is 10.1. The Kier molecular flexibility index (Phi) is 6.15. The summed E-state index contributed by atoms with van der Waals surface area (Å²) in [5.74, 6) is 1.13. The molecule has 0 spiro atoms. The molecular weight excluding hydrogens is 244 g/mol. The lowest BCUT2D eigenvalue weighted by Gasteiger charge is -2.16. The third-order valence-electron chi connectivity index (χ3n) is 2.91. The molecule has 0 radical (unpaired) electrons. The van der Waals surface area contributed by atoms with Gasteiger partial charge in [0.2, 0.25) is 0 Å². The van der Waals surface area contributed by atoms with E-state index >= 15 is 0 Å². The Bertz CT molecular complexity index is 421. The number of nitrogens with two attached hydrogens (primary N) is 1. The molecule has 1 rings (SSSR count). The molecule has 0 fully saturated rings. The number of likely N-dealkylation sites (N-methyl/N-ethyl adjacent to an activating group) is 1. The summed E-state index contributed by atoms with van der Waals surface area (Å²) in [6.45, 7) is 3.18. The molecule has 5 nitrogen and oxygen atoms in total. The summed E-state index contributed by atoms with van der Waals surface area (Å²) >= 11 is 0. The Balaban J connectivity index is 2.70. The molecule has 2 N–H and O–H groups in total. The van der Waals surface area contributed by atoms with Crippen LogP contribution >= 0.6 is 0 Å². The second-order valence-electron chi connectivity index (χ2n) is 4.22. The van der Waals surface area contributed by atoms with Crippen molar-refractivity contribution in [3.05, 3.63) is 23.8 Å². The first kappa shape index (κ1) is 15.3. The first-order valence-electron chi connectivity index (χ1n) is 6.36. The lowest BCUT2D eigenvalue weighted by Crippen LogP contribution is -2.31. The second kappa shape index (κ2) is 7.63. The van der Waals surface area contributed by atoms with Crippen molar-refractivity contribution in [3.63, 3.8) is 0 Å². The largest absolute Gasteiger partial charge is 0.493 e. The first-order chi connectivity index (χ1) is 9.12. The molecule has 5 heteroatoms. The zero-order valence-corrected chi connectivity index (χ0v) is 11.8. The van der Waals surface area contributed by atoms with Crippen LogP contribution in [0, 0.1) is 0 Å². The van der Waals surface area contributed by atoms with Gasteiger partial charge >= 0.3 is 0 Å². The van der Waals surface area contributed by atoms with E-state index in [1.54, 1.807) is 19.1 Å². The second-order valence-corrected chi connectivity index (χ2v) is 4.22. The molecule has 1 aromatic carbocycles. The average molecular weight is 266 g/mol. The molecule has 0 aliphatic carbocycles. The molecule has 0 saturated heterocycles. The first-order valence-corrected chi connectivity index (χ1v) is 6.36. The molecule has 0 saturated carbocycles. The van der Waals surface area contributed by atoms with E-state index in [9.17, 15) is 4.79 Å². The van der Waals surface area contributed by atoms with E-state index in [-0.39, 0.29) is 12.5 Å². The Morgan fingerprint density at radius 3 is 2.68 bits per heavy atom. The third-order valence-corrected chi connectivity index (χ3v) is 2.91. The van der Waals surface area contributed by atoms with Crippen molar-refractivity contribution in [1.82, 2.24) is 4.90 Å². The standard InChI is InChI=1S/C14H22N2O3/c1-4-16(2)14(17)10-19-12-6-5-11(7-8-15)9-13(12)18-3/h5-6,9H,4,7-8,10,15H2,1-3H3. The van der Waals surface area contributed by atoms with Gasteiger partial charge in [-0.15, -0.1) is 0 Å². The SMILES string of the molecule is CCN(C)C(=O)COc1ccc(CCN)cc1OC. The molecule has 1 aromatic rings. The van der Waals surface area contributed by atoms with Gasteiger partial charge in [-0.05, 0) is 37.6 Å². The molecule has 0 atom stereocenters. The van der Waals surface area contributed by atoms with E-state index in [1.165, 1.54) is 0 Å². The van der Waals surface area contributed by atoms with Crippen molar-refractivity contribution in [2.45, 2.75) is 13.3 Å². The highest BCUT2D eigenvalue weighted by Gasteiger charge is 2.10. The van der Waals surface area contributed by atoms with Gasteiger partial charge in [-0.3, -0.25) is 4.79 Å². The van der Waals surface area contributed by atoms with E-state index in [4.69, 9.17) is 15.2 Å². The summed E-state index contributed by atoms with van der Waals surface area (Å²) < 4.78 is 10.8. The number of methoxy groups -OCH3 is 1. The molecule has 19 heavy (non-hydrogen) atoms. The van der Waals surface area contributed by atoms with Gasteiger partial charge in [0.05, 0.1) is 7.11 Å². The number of nitrogens with zero attached hydrogens (tertiary/aromatic N) is 1. The van der Waals surface area contributed by atoms with Gasteiger partial charge in [-0.1, -0.05) is 6.07 Å².